The number of allylic oxidation sites excluding steroid dienone is 4. The van der Waals surface area contributed by atoms with Crippen LogP contribution in [0, 0.1) is 0 Å². The normalized spacial score (nSPS) is 13.1. The summed E-state index contributed by atoms with van der Waals surface area (Å²) in [5.74, 6) is 1.77. The number of aromatic nitrogens is 3. The van der Waals surface area contributed by atoms with Crippen LogP contribution >= 0.6 is 0 Å². The number of hydrogen-bond donors (Lipinski definition) is 0. The van der Waals surface area contributed by atoms with Gasteiger partial charge < -0.3 is 8.83 Å². The van der Waals surface area contributed by atoms with Gasteiger partial charge in [0, 0.05) is 43.8 Å². The van der Waals surface area contributed by atoms with Crippen LogP contribution in [0.3, 0.4) is 0 Å². The number of nitrogens with zero attached hydrogens (tertiary/aromatic N) is 3. The molecule has 12 rings (SSSR count). The largest absolute Gasteiger partial charge is 0.456 e. The van der Waals surface area contributed by atoms with Crippen LogP contribution in [0.25, 0.3) is 116 Å². The van der Waals surface area contributed by atoms with Gasteiger partial charge in [0.1, 0.15) is 22.3 Å². The van der Waals surface area contributed by atoms with Crippen LogP contribution in [0.15, 0.2) is 185 Å². The molecule has 0 atom stereocenters. The first-order chi connectivity index (χ1) is 28.8. The Morgan fingerprint density at radius 3 is 1.78 bits per heavy atom. The quantitative estimate of drug-likeness (QED) is 0.164. The van der Waals surface area contributed by atoms with Crippen molar-refractivity contribution in [1.82, 2.24) is 15.0 Å². The number of para-hydroxylation sites is 2. The highest BCUT2D eigenvalue weighted by molar-refractivity contribution is 6.17. The highest BCUT2D eigenvalue weighted by Crippen LogP contribution is 2.44. The number of fused-ring (bicyclic) bond motifs is 9. The minimum Gasteiger partial charge on any atom is -0.456 e. The molecule has 5 nitrogen and oxygen atoms in total. The Kier molecular flexibility index (Phi) is 7.29. The van der Waals surface area contributed by atoms with Crippen LogP contribution < -0.4 is 0 Å². The molecule has 58 heavy (non-hydrogen) atoms. The van der Waals surface area contributed by atoms with E-state index in [0.717, 1.165) is 106 Å². The van der Waals surface area contributed by atoms with E-state index < -0.39 is 0 Å². The Balaban J connectivity index is 1.14. The van der Waals surface area contributed by atoms with Crippen molar-refractivity contribution in [1.29, 1.82) is 0 Å². The molecule has 3 aromatic heterocycles. The van der Waals surface area contributed by atoms with E-state index >= 15 is 0 Å². The molecule has 0 bridgehead atoms. The molecular formula is C53H33N3O2. The third-order valence-corrected chi connectivity index (χ3v) is 11.6. The highest BCUT2D eigenvalue weighted by Gasteiger charge is 2.23. The number of rotatable bonds is 5. The predicted octanol–water partition coefficient (Wildman–Crippen LogP) is 14.4. The molecule has 0 unspecified atom stereocenters. The van der Waals surface area contributed by atoms with Gasteiger partial charge >= 0.3 is 0 Å². The number of furan rings is 2. The summed E-state index contributed by atoms with van der Waals surface area (Å²) in [4.78, 5) is 16.1. The number of benzene rings is 8. The Morgan fingerprint density at radius 2 is 0.948 bits per heavy atom. The molecule has 3 heterocycles. The fourth-order valence-electron chi connectivity index (χ4n) is 8.96. The van der Waals surface area contributed by atoms with E-state index in [0.29, 0.717) is 17.5 Å². The van der Waals surface area contributed by atoms with Crippen LogP contribution in [-0.4, -0.2) is 15.0 Å². The van der Waals surface area contributed by atoms with Crippen molar-refractivity contribution in [3.05, 3.63) is 182 Å². The summed E-state index contributed by atoms with van der Waals surface area (Å²) in [6, 6.07) is 54.7. The summed E-state index contributed by atoms with van der Waals surface area (Å²) in [5.41, 5.74) is 10.5. The molecule has 0 N–H and O–H groups in total. The van der Waals surface area contributed by atoms with Crippen molar-refractivity contribution in [3.63, 3.8) is 0 Å². The summed E-state index contributed by atoms with van der Waals surface area (Å²) in [6.45, 7) is 0. The van der Waals surface area contributed by atoms with E-state index in [4.69, 9.17) is 23.8 Å². The van der Waals surface area contributed by atoms with E-state index in [1.807, 2.05) is 30.3 Å². The molecule has 0 radical (unpaired) electrons. The lowest BCUT2D eigenvalue weighted by atomic mass is 9.93. The molecule has 8 aromatic carbocycles. The van der Waals surface area contributed by atoms with Gasteiger partial charge in [-0.2, -0.15) is 0 Å². The van der Waals surface area contributed by atoms with Gasteiger partial charge in [0.25, 0.3) is 0 Å². The van der Waals surface area contributed by atoms with E-state index in [9.17, 15) is 0 Å². The molecule has 0 aliphatic heterocycles. The van der Waals surface area contributed by atoms with Crippen LogP contribution in [0.1, 0.15) is 18.4 Å². The lowest BCUT2D eigenvalue weighted by molar-refractivity contribution is 0.667. The van der Waals surface area contributed by atoms with Gasteiger partial charge in [-0.25, -0.2) is 15.0 Å². The van der Waals surface area contributed by atoms with Gasteiger partial charge in [0.2, 0.25) is 0 Å². The maximum atomic E-state index is 6.72. The Morgan fingerprint density at radius 1 is 0.379 bits per heavy atom. The van der Waals surface area contributed by atoms with Crippen molar-refractivity contribution >= 4 is 71.0 Å². The van der Waals surface area contributed by atoms with Crippen molar-refractivity contribution in [2.45, 2.75) is 12.8 Å². The van der Waals surface area contributed by atoms with Gasteiger partial charge in [0.05, 0.1) is 0 Å². The summed E-state index contributed by atoms with van der Waals surface area (Å²) in [5, 5.41) is 8.69. The third kappa shape index (κ3) is 5.07. The third-order valence-electron chi connectivity index (χ3n) is 11.6. The second-order valence-corrected chi connectivity index (χ2v) is 14.9. The van der Waals surface area contributed by atoms with E-state index in [-0.39, 0.29) is 0 Å². The molecule has 1 aliphatic rings. The Bertz CT molecular complexity index is 3530. The van der Waals surface area contributed by atoms with Gasteiger partial charge in [-0.05, 0) is 75.4 Å². The van der Waals surface area contributed by atoms with E-state index in [1.165, 1.54) is 11.0 Å². The van der Waals surface area contributed by atoms with Crippen molar-refractivity contribution in [3.8, 4) is 45.3 Å². The molecule has 0 amide bonds. The van der Waals surface area contributed by atoms with Crippen molar-refractivity contribution in [2.24, 2.45) is 0 Å². The Labute approximate surface area is 333 Å². The van der Waals surface area contributed by atoms with E-state index in [2.05, 4.69) is 146 Å². The van der Waals surface area contributed by atoms with Crippen LogP contribution in [-0.2, 0) is 0 Å². The predicted molar refractivity (Wildman–Crippen MR) is 237 cm³/mol. The van der Waals surface area contributed by atoms with E-state index in [1.54, 1.807) is 0 Å². The van der Waals surface area contributed by atoms with Gasteiger partial charge in [0.15, 0.2) is 17.5 Å². The molecule has 5 heteroatoms. The topological polar surface area (TPSA) is 65.0 Å². The molecular weight excluding hydrogens is 711 g/mol. The average molecular weight is 744 g/mol. The summed E-state index contributed by atoms with van der Waals surface area (Å²) < 4.78 is 13.1. The average Bonchev–Trinajstić information content (AvgIpc) is 3.88. The molecule has 1 aliphatic carbocycles. The minimum atomic E-state index is 0.578. The maximum absolute atomic E-state index is 6.72. The van der Waals surface area contributed by atoms with Gasteiger partial charge in [-0.1, -0.05) is 152 Å². The highest BCUT2D eigenvalue weighted by atomic mass is 16.3. The van der Waals surface area contributed by atoms with Gasteiger partial charge in [-0.3, -0.25) is 0 Å². The second kappa shape index (κ2) is 13.0. The van der Waals surface area contributed by atoms with Crippen molar-refractivity contribution < 1.29 is 8.83 Å². The zero-order chi connectivity index (χ0) is 38.2. The fraction of sp³-hybridized carbons (Fsp3) is 0.0377. The Hall–Kier alpha value is -7.63. The zero-order valence-corrected chi connectivity index (χ0v) is 31.3. The summed E-state index contributed by atoms with van der Waals surface area (Å²) in [6.07, 6.45) is 8.85. The smallest absolute Gasteiger partial charge is 0.164 e. The first kappa shape index (κ1) is 32.6. The molecule has 0 spiro atoms. The lowest BCUT2D eigenvalue weighted by Gasteiger charge is -2.14. The fourth-order valence-corrected chi connectivity index (χ4v) is 8.96. The lowest BCUT2D eigenvalue weighted by Crippen LogP contribution is -2.02. The molecule has 272 valence electrons. The molecule has 0 saturated heterocycles. The first-order valence-corrected chi connectivity index (χ1v) is 19.8. The van der Waals surface area contributed by atoms with Gasteiger partial charge in [-0.15, -0.1) is 0 Å². The zero-order valence-electron chi connectivity index (χ0n) is 31.3. The number of hydrogen-bond acceptors (Lipinski definition) is 5. The van der Waals surface area contributed by atoms with Crippen LogP contribution in [0.4, 0.5) is 0 Å². The maximum Gasteiger partial charge on any atom is 0.164 e. The molecule has 0 fully saturated rings. The minimum absolute atomic E-state index is 0.578. The van der Waals surface area contributed by atoms with Crippen LogP contribution in [0.2, 0.25) is 0 Å². The SMILES string of the molecule is C1=CC(c2cccc3c2oc2cccc(-c4ccccc4-c4nc(-c5cc6ccccc6c6ccccc56)nc(-c5cccc6oc7ccccc7c56)n4)c23)=CCC1. The summed E-state index contributed by atoms with van der Waals surface area (Å²) >= 11 is 0. The standard InChI is InChI=1S/C53H33N3O2/c1-2-15-32(16-3-1)35-24-12-26-42-48-39(25-13-30-47(48)58-50(35)42)38-21-8-9-22-40(38)51-54-52(43-27-14-29-46-49(43)41-23-10-11-28-45(41)57-46)56-53(55-51)44-31-33-17-4-5-18-34(33)36-19-6-7-20-37(36)44/h2,4-31H,1,3H2. The van der Waals surface area contributed by atoms with Crippen molar-refractivity contribution in [2.75, 3.05) is 0 Å². The summed E-state index contributed by atoms with van der Waals surface area (Å²) in [7, 11) is 0. The first-order valence-electron chi connectivity index (χ1n) is 19.8. The molecule has 0 saturated carbocycles. The molecule has 11 aromatic rings. The second-order valence-electron chi connectivity index (χ2n) is 14.9. The monoisotopic (exact) mass is 743 g/mol. The van der Waals surface area contributed by atoms with Crippen LogP contribution in [0.5, 0.6) is 0 Å².